The highest BCUT2D eigenvalue weighted by Gasteiger charge is 2.26. The number of anilines is 1. The summed E-state index contributed by atoms with van der Waals surface area (Å²) in [6.45, 7) is 2.43. The molecule has 3 atom stereocenters. The van der Waals surface area contributed by atoms with Crippen LogP contribution in [0.25, 0.3) is 0 Å². The van der Waals surface area contributed by atoms with Gasteiger partial charge in [-0.1, -0.05) is 18.6 Å². The molecule has 1 fully saturated rings. The number of nitrogens with two attached hydrogens (primary N) is 1. The minimum absolute atomic E-state index is 0.00954. The number of carbonyl (C=O) groups is 1. The minimum Gasteiger partial charge on any atom is -0.399 e. The largest absolute Gasteiger partial charge is 0.399 e. The molecule has 4 N–H and O–H groups in total. The Balaban J connectivity index is 1.89. The normalized spacial score (nSPS) is 24.1. The fourth-order valence-corrected chi connectivity index (χ4v) is 2.62. The number of rotatable bonds is 4. The van der Waals surface area contributed by atoms with E-state index in [1.807, 2.05) is 31.2 Å². The van der Waals surface area contributed by atoms with Crippen LogP contribution in [0.1, 0.15) is 37.7 Å². The van der Waals surface area contributed by atoms with E-state index in [0.29, 0.717) is 12.2 Å². The third-order valence-corrected chi connectivity index (χ3v) is 3.96. The molecule has 1 aromatic carbocycles. The fourth-order valence-electron chi connectivity index (χ4n) is 2.62. The van der Waals surface area contributed by atoms with E-state index in [0.717, 1.165) is 24.8 Å². The molecule has 0 spiro atoms. The molecular weight excluding hydrogens is 240 g/mol. The van der Waals surface area contributed by atoms with Gasteiger partial charge >= 0.3 is 0 Å². The van der Waals surface area contributed by atoms with Gasteiger partial charge in [0.15, 0.2) is 0 Å². The molecule has 1 amide bonds. The SMILES string of the molecule is CC(C(=O)NCC1CCCC1O)c1cccc(N)c1. The number of benzene rings is 1. The maximum absolute atomic E-state index is 12.1. The Morgan fingerprint density at radius 1 is 1.53 bits per heavy atom. The first-order valence-corrected chi connectivity index (χ1v) is 6.89. The van der Waals surface area contributed by atoms with Crippen LogP contribution >= 0.6 is 0 Å². The molecule has 1 aliphatic carbocycles. The molecule has 0 heterocycles. The van der Waals surface area contributed by atoms with Crippen molar-refractivity contribution in [1.29, 1.82) is 0 Å². The second-order valence-electron chi connectivity index (χ2n) is 5.40. The number of amides is 1. The first-order chi connectivity index (χ1) is 9.08. The quantitative estimate of drug-likeness (QED) is 0.722. The highest BCUT2D eigenvalue weighted by Crippen LogP contribution is 2.25. The van der Waals surface area contributed by atoms with E-state index in [2.05, 4.69) is 5.32 Å². The van der Waals surface area contributed by atoms with Crippen molar-refractivity contribution in [1.82, 2.24) is 5.32 Å². The van der Waals surface area contributed by atoms with E-state index >= 15 is 0 Å². The van der Waals surface area contributed by atoms with E-state index < -0.39 is 0 Å². The lowest BCUT2D eigenvalue weighted by molar-refractivity contribution is -0.122. The Morgan fingerprint density at radius 3 is 2.95 bits per heavy atom. The van der Waals surface area contributed by atoms with Crippen molar-refractivity contribution in [3.63, 3.8) is 0 Å². The molecular formula is C15H22N2O2. The first kappa shape index (κ1) is 13.9. The molecule has 0 bridgehead atoms. The van der Waals surface area contributed by atoms with Gasteiger partial charge in [0.1, 0.15) is 0 Å². The number of hydrogen-bond acceptors (Lipinski definition) is 3. The van der Waals surface area contributed by atoms with Crippen molar-refractivity contribution in [3.05, 3.63) is 29.8 Å². The summed E-state index contributed by atoms with van der Waals surface area (Å²) in [4.78, 5) is 12.1. The van der Waals surface area contributed by atoms with E-state index in [1.165, 1.54) is 0 Å². The molecule has 1 aromatic rings. The Hall–Kier alpha value is -1.55. The Morgan fingerprint density at radius 2 is 2.32 bits per heavy atom. The van der Waals surface area contributed by atoms with Crippen LogP contribution in [0.15, 0.2) is 24.3 Å². The topological polar surface area (TPSA) is 75.3 Å². The zero-order valence-electron chi connectivity index (χ0n) is 11.3. The van der Waals surface area contributed by atoms with Crippen LogP contribution in [-0.2, 0) is 4.79 Å². The molecule has 0 radical (unpaired) electrons. The summed E-state index contributed by atoms with van der Waals surface area (Å²) in [5, 5.41) is 12.7. The van der Waals surface area contributed by atoms with Crippen LogP contribution in [0.3, 0.4) is 0 Å². The molecule has 0 saturated heterocycles. The first-order valence-electron chi connectivity index (χ1n) is 6.89. The van der Waals surface area contributed by atoms with Crippen molar-refractivity contribution in [2.24, 2.45) is 5.92 Å². The van der Waals surface area contributed by atoms with Gasteiger partial charge in [-0.2, -0.15) is 0 Å². The summed E-state index contributed by atoms with van der Waals surface area (Å²) in [6, 6.07) is 7.40. The zero-order valence-corrected chi connectivity index (χ0v) is 11.3. The Bertz CT molecular complexity index is 448. The number of nitrogens with one attached hydrogen (secondary N) is 1. The highest BCUT2D eigenvalue weighted by molar-refractivity contribution is 5.83. The van der Waals surface area contributed by atoms with Gasteiger partial charge in [-0.3, -0.25) is 4.79 Å². The lowest BCUT2D eigenvalue weighted by Gasteiger charge is -2.18. The van der Waals surface area contributed by atoms with Gasteiger partial charge in [0, 0.05) is 18.2 Å². The molecule has 3 unspecified atom stereocenters. The number of aliphatic hydroxyl groups is 1. The minimum atomic E-state index is -0.261. The van der Waals surface area contributed by atoms with Crippen molar-refractivity contribution < 1.29 is 9.90 Å². The molecule has 2 rings (SSSR count). The van der Waals surface area contributed by atoms with Crippen LogP contribution in [0.5, 0.6) is 0 Å². The van der Waals surface area contributed by atoms with E-state index in [9.17, 15) is 9.90 Å². The molecule has 104 valence electrons. The van der Waals surface area contributed by atoms with Crippen LogP contribution in [0, 0.1) is 5.92 Å². The van der Waals surface area contributed by atoms with Gasteiger partial charge in [0.2, 0.25) is 5.91 Å². The van der Waals surface area contributed by atoms with Crippen molar-refractivity contribution in [2.75, 3.05) is 12.3 Å². The summed E-state index contributed by atoms with van der Waals surface area (Å²) in [6.07, 6.45) is 2.63. The van der Waals surface area contributed by atoms with Gasteiger partial charge in [-0.15, -0.1) is 0 Å². The number of aliphatic hydroxyl groups excluding tert-OH is 1. The second kappa shape index (κ2) is 6.06. The monoisotopic (exact) mass is 262 g/mol. The lowest BCUT2D eigenvalue weighted by Crippen LogP contribution is -2.34. The average Bonchev–Trinajstić information content (AvgIpc) is 2.80. The molecule has 1 aliphatic rings. The molecule has 19 heavy (non-hydrogen) atoms. The predicted octanol–water partition coefficient (Wildman–Crippen LogP) is 1.65. The lowest BCUT2D eigenvalue weighted by atomic mass is 9.99. The Kier molecular flexibility index (Phi) is 4.43. The average molecular weight is 262 g/mol. The Labute approximate surface area is 114 Å². The van der Waals surface area contributed by atoms with Gasteiger partial charge < -0.3 is 16.2 Å². The third kappa shape index (κ3) is 3.47. The van der Waals surface area contributed by atoms with Gasteiger partial charge in [0.25, 0.3) is 0 Å². The van der Waals surface area contributed by atoms with Crippen LogP contribution in [-0.4, -0.2) is 23.7 Å². The van der Waals surface area contributed by atoms with E-state index in [-0.39, 0.29) is 23.8 Å². The smallest absolute Gasteiger partial charge is 0.227 e. The van der Waals surface area contributed by atoms with Crippen molar-refractivity contribution in [2.45, 2.75) is 38.2 Å². The van der Waals surface area contributed by atoms with Crippen LogP contribution in [0.2, 0.25) is 0 Å². The summed E-state index contributed by atoms with van der Waals surface area (Å²) < 4.78 is 0. The summed E-state index contributed by atoms with van der Waals surface area (Å²) in [5.74, 6) is -0.0243. The summed E-state index contributed by atoms with van der Waals surface area (Å²) >= 11 is 0. The molecule has 1 saturated carbocycles. The van der Waals surface area contributed by atoms with E-state index in [1.54, 1.807) is 0 Å². The molecule has 4 heteroatoms. The summed E-state index contributed by atoms with van der Waals surface area (Å²) in [5.41, 5.74) is 7.31. The van der Waals surface area contributed by atoms with Gasteiger partial charge in [-0.05, 0) is 37.5 Å². The van der Waals surface area contributed by atoms with Crippen molar-refractivity contribution in [3.8, 4) is 0 Å². The molecule has 0 aliphatic heterocycles. The van der Waals surface area contributed by atoms with Gasteiger partial charge in [0.05, 0.1) is 12.0 Å². The molecule has 4 nitrogen and oxygen atoms in total. The standard InChI is InChI=1S/C15H22N2O2/c1-10(11-4-2-6-13(16)8-11)15(19)17-9-12-5-3-7-14(12)18/h2,4,6,8,10,12,14,18H,3,5,7,9,16H2,1H3,(H,17,19). The number of carbonyl (C=O) groups excluding carboxylic acids is 1. The maximum Gasteiger partial charge on any atom is 0.227 e. The summed E-state index contributed by atoms with van der Waals surface area (Å²) in [7, 11) is 0. The second-order valence-corrected chi connectivity index (χ2v) is 5.40. The predicted molar refractivity (Wildman–Crippen MR) is 75.6 cm³/mol. The van der Waals surface area contributed by atoms with Gasteiger partial charge in [-0.25, -0.2) is 0 Å². The van der Waals surface area contributed by atoms with Crippen LogP contribution < -0.4 is 11.1 Å². The highest BCUT2D eigenvalue weighted by atomic mass is 16.3. The number of nitrogen functional groups attached to an aromatic ring is 1. The van der Waals surface area contributed by atoms with E-state index in [4.69, 9.17) is 5.73 Å². The van der Waals surface area contributed by atoms with Crippen LogP contribution in [0.4, 0.5) is 5.69 Å². The fraction of sp³-hybridized carbons (Fsp3) is 0.533. The zero-order chi connectivity index (χ0) is 13.8. The number of hydrogen-bond donors (Lipinski definition) is 3. The third-order valence-electron chi connectivity index (χ3n) is 3.96. The van der Waals surface area contributed by atoms with Crippen molar-refractivity contribution >= 4 is 11.6 Å². The maximum atomic E-state index is 12.1. The molecule has 0 aromatic heterocycles.